The Hall–Kier alpha value is -1.26. The molecule has 15 heavy (non-hydrogen) atoms. The molecule has 1 unspecified atom stereocenters. The smallest absolute Gasteiger partial charge is 0.497 e. The molecule has 0 fully saturated rings. The van der Waals surface area contributed by atoms with Crippen LogP contribution in [0.15, 0.2) is 42.7 Å². The van der Waals surface area contributed by atoms with Crippen LogP contribution >= 0.6 is 0 Å². The van der Waals surface area contributed by atoms with Gasteiger partial charge in [-0.05, 0) is 11.6 Å². The fraction of sp³-hybridized carbons (Fsp3) is 0.273. The lowest BCUT2D eigenvalue weighted by Gasteiger charge is -2.27. The maximum absolute atomic E-state index is 9.35. The fourth-order valence-corrected chi connectivity index (χ4v) is 1.79. The lowest BCUT2D eigenvalue weighted by molar-refractivity contribution is 0.0843. The Balaban J connectivity index is 2.15. The summed E-state index contributed by atoms with van der Waals surface area (Å²) in [5, 5.41) is 18.7. The Morgan fingerprint density at radius 3 is 2.53 bits per heavy atom. The molecule has 1 aliphatic rings. The minimum atomic E-state index is -1.47. The Bertz CT molecular complexity index is 340. The normalized spacial score (nSPS) is 23.9. The van der Waals surface area contributed by atoms with Crippen molar-refractivity contribution in [2.45, 2.75) is 18.3 Å². The summed E-state index contributed by atoms with van der Waals surface area (Å²) in [5.74, 6) is 0. The molecule has 2 rings (SSSR count). The van der Waals surface area contributed by atoms with Crippen LogP contribution in [0.3, 0.4) is 0 Å². The maximum atomic E-state index is 9.35. The van der Waals surface area contributed by atoms with E-state index in [1.54, 1.807) is 0 Å². The van der Waals surface area contributed by atoms with Gasteiger partial charge in [0.15, 0.2) is 5.50 Å². The Kier molecular flexibility index (Phi) is 2.80. The van der Waals surface area contributed by atoms with Gasteiger partial charge < -0.3 is 14.8 Å². The molecule has 78 valence electrons. The molecular weight excluding hydrogens is 191 g/mol. The van der Waals surface area contributed by atoms with Gasteiger partial charge in [-0.1, -0.05) is 30.3 Å². The second-order valence-corrected chi connectivity index (χ2v) is 3.79. The van der Waals surface area contributed by atoms with Crippen LogP contribution in [0.2, 0.25) is 0 Å². The largest absolute Gasteiger partial charge is 0.499 e. The van der Waals surface area contributed by atoms with Crippen LogP contribution in [0.1, 0.15) is 12.0 Å². The minimum Gasteiger partial charge on any atom is -0.497 e. The summed E-state index contributed by atoms with van der Waals surface area (Å²) in [6.07, 6.45) is 4.36. The van der Waals surface area contributed by atoms with Gasteiger partial charge >= 0.3 is 7.12 Å². The van der Waals surface area contributed by atoms with Crippen molar-refractivity contribution in [2.75, 3.05) is 0 Å². The predicted octanol–water partition coefficient (Wildman–Crippen LogP) is 0.914. The molecule has 1 aliphatic heterocycles. The zero-order valence-corrected chi connectivity index (χ0v) is 8.34. The molecule has 3 nitrogen and oxygen atoms in total. The highest BCUT2D eigenvalue weighted by molar-refractivity contribution is 6.45. The molecule has 0 amide bonds. The minimum absolute atomic E-state index is 0.499. The first kappa shape index (κ1) is 10.3. The first-order chi connectivity index (χ1) is 7.23. The maximum Gasteiger partial charge on any atom is 0.499 e. The number of rotatable bonds is 3. The van der Waals surface area contributed by atoms with E-state index in [2.05, 4.69) is 0 Å². The lowest BCUT2D eigenvalue weighted by Crippen LogP contribution is -2.47. The van der Waals surface area contributed by atoms with Crippen molar-refractivity contribution in [3.8, 4) is 0 Å². The highest BCUT2D eigenvalue weighted by atomic mass is 16.5. The molecule has 1 aromatic carbocycles. The van der Waals surface area contributed by atoms with Gasteiger partial charge in [0.1, 0.15) is 0 Å². The van der Waals surface area contributed by atoms with E-state index < -0.39 is 12.6 Å². The third-order valence-corrected chi connectivity index (χ3v) is 2.68. The van der Waals surface area contributed by atoms with Crippen molar-refractivity contribution in [3.63, 3.8) is 0 Å². The SMILES string of the molecule is OB(O)C1(Cc2ccccc2)CC=CO1. The van der Waals surface area contributed by atoms with Crippen molar-refractivity contribution in [1.82, 2.24) is 0 Å². The molecular formula is C11H13BO3. The van der Waals surface area contributed by atoms with Crippen molar-refractivity contribution in [1.29, 1.82) is 0 Å². The summed E-state index contributed by atoms with van der Waals surface area (Å²) >= 11 is 0. The van der Waals surface area contributed by atoms with Gasteiger partial charge in [-0.25, -0.2) is 0 Å². The van der Waals surface area contributed by atoms with Gasteiger partial charge in [-0.15, -0.1) is 0 Å². The Labute approximate surface area is 89.2 Å². The summed E-state index contributed by atoms with van der Waals surface area (Å²) in [7, 11) is -1.47. The highest BCUT2D eigenvalue weighted by Gasteiger charge is 2.45. The Morgan fingerprint density at radius 1 is 1.27 bits per heavy atom. The second kappa shape index (κ2) is 4.09. The van der Waals surface area contributed by atoms with E-state index in [1.807, 2.05) is 36.4 Å². The van der Waals surface area contributed by atoms with Gasteiger partial charge in [0.2, 0.25) is 0 Å². The molecule has 2 N–H and O–H groups in total. The molecule has 4 heteroatoms. The van der Waals surface area contributed by atoms with Gasteiger partial charge in [0, 0.05) is 12.8 Å². The van der Waals surface area contributed by atoms with E-state index in [-0.39, 0.29) is 0 Å². The molecule has 0 radical (unpaired) electrons. The monoisotopic (exact) mass is 204 g/mol. The molecule has 0 aromatic heterocycles. The van der Waals surface area contributed by atoms with E-state index in [0.717, 1.165) is 5.56 Å². The van der Waals surface area contributed by atoms with Crippen LogP contribution in [-0.4, -0.2) is 22.7 Å². The second-order valence-electron chi connectivity index (χ2n) is 3.79. The fourth-order valence-electron chi connectivity index (χ4n) is 1.79. The van der Waals surface area contributed by atoms with Crippen LogP contribution < -0.4 is 0 Å². The van der Waals surface area contributed by atoms with Crippen LogP contribution in [-0.2, 0) is 11.2 Å². The van der Waals surface area contributed by atoms with Crippen molar-refractivity contribution >= 4 is 7.12 Å². The molecule has 0 saturated heterocycles. The number of hydrogen-bond acceptors (Lipinski definition) is 3. The van der Waals surface area contributed by atoms with Crippen molar-refractivity contribution in [3.05, 3.63) is 48.2 Å². The van der Waals surface area contributed by atoms with Gasteiger partial charge in [0.05, 0.1) is 6.26 Å². The van der Waals surface area contributed by atoms with Crippen molar-refractivity contribution in [2.24, 2.45) is 0 Å². The van der Waals surface area contributed by atoms with E-state index >= 15 is 0 Å². The third-order valence-electron chi connectivity index (χ3n) is 2.68. The number of ether oxygens (including phenoxy) is 1. The standard InChI is InChI=1S/C11H13BO3/c13-12(14)11(7-4-8-15-11)9-10-5-2-1-3-6-10/h1-6,8,13-14H,7,9H2. The molecule has 1 heterocycles. The summed E-state index contributed by atoms with van der Waals surface area (Å²) in [6.45, 7) is 0. The molecule has 0 aliphatic carbocycles. The summed E-state index contributed by atoms with van der Waals surface area (Å²) in [4.78, 5) is 0. The molecule has 0 spiro atoms. The molecule has 0 saturated carbocycles. The predicted molar refractivity (Wildman–Crippen MR) is 57.9 cm³/mol. The average Bonchev–Trinajstić information content (AvgIpc) is 2.69. The number of hydrogen-bond donors (Lipinski definition) is 2. The molecule has 1 atom stereocenters. The van der Waals surface area contributed by atoms with Crippen LogP contribution in [0.4, 0.5) is 0 Å². The first-order valence-electron chi connectivity index (χ1n) is 4.96. The molecule has 1 aromatic rings. The zero-order valence-electron chi connectivity index (χ0n) is 8.34. The van der Waals surface area contributed by atoms with Crippen LogP contribution in [0, 0.1) is 0 Å². The summed E-state index contributed by atoms with van der Waals surface area (Å²) in [5.41, 5.74) is 0.135. The van der Waals surface area contributed by atoms with E-state index in [1.165, 1.54) is 6.26 Å². The lowest BCUT2D eigenvalue weighted by atomic mass is 9.63. The van der Waals surface area contributed by atoms with Crippen LogP contribution in [0.25, 0.3) is 0 Å². The zero-order chi connectivity index (χ0) is 10.7. The van der Waals surface area contributed by atoms with Gasteiger partial charge in [-0.2, -0.15) is 0 Å². The van der Waals surface area contributed by atoms with Gasteiger partial charge in [-0.3, -0.25) is 0 Å². The van der Waals surface area contributed by atoms with Crippen LogP contribution in [0.5, 0.6) is 0 Å². The Morgan fingerprint density at radius 2 is 2.00 bits per heavy atom. The molecule has 0 bridgehead atoms. The third kappa shape index (κ3) is 2.06. The summed E-state index contributed by atoms with van der Waals surface area (Å²) < 4.78 is 5.33. The first-order valence-corrected chi connectivity index (χ1v) is 4.96. The highest BCUT2D eigenvalue weighted by Crippen LogP contribution is 2.28. The van der Waals surface area contributed by atoms with E-state index in [0.29, 0.717) is 12.8 Å². The number of benzene rings is 1. The van der Waals surface area contributed by atoms with Crippen molar-refractivity contribution < 1.29 is 14.8 Å². The summed E-state index contributed by atoms with van der Waals surface area (Å²) in [6, 6.07) is 9.68. The van der Waals surface area contributed by atoms with Gasteiger partial charge in [0.25, 0.3) is 0 Å². The topological polar surface area (TPSA) is 49.7 Å². The van der Waals surface area contributed by atoms with E-state index in [4.69, 9.17) is 4.74 Å². The quantitative estimate of drug-likeness (QED) is 0.719. The van der Waals surface area contributed by atoms with E-state index in [9.17, 15) is 10.0 Å². The average molecular weight is 204 g/mol.